The normalized spacial score (nSPS) is 28.4. The third kappa shape index (κ3) is 2.44. The van der Waals surface area contributed by atoms with Crippen molar-refractivity contribution in [2.45, 2.75) is 51.0 Å². The van der Waals surface area contributed by atoms with Crippen LogP contribution in [0, 0.1) is 5.92 Å². The Labute approximate surface area is 119 Å². The molecule has 0 amide bonds. The maximum absolute atomic E-state index is 11.2. The summed E-state index contributed by atoms with van der Waals surface area (Å²) in [5.74, 6) is 0.802. The lowest BCUT2D eigenvalue weighted by Gasteiger charge is -2.28. The van der Waals surface area contributed by atoms with Crippen LogP contribution in [-0.2, 0) is 5.60 Å². The summed E-state index contributed by atoms with van der Waals surface area (Å²) < 4.78 is 1.28. The highest BCUT2D eigenvalue weighted by Gasteiger charge is 2.33. The number of thiophene rings is 1. The molecule has 2 atom stereocenters. The van der Waals surface area contributed by atoms with Gasteiger partial charge in [0.1, 0.15) is 0 Å². The Balaban J connectivity index is 1.97. The molecule has 1 aromatic heterocycles. The molecule has 1 aliphatic rings. The van der Waals surface area contributed by atoms with Crippen LogP contribution >= 0.6 is 11.3 Å². The first kappa shape index (κ1) is 13.1. The van der Waals surface area contributed by atoms with E-state index in [4.69, 9.17) is 0 Å². The second-order valence-corrected chi connectivity index (χ2v) is 6.80. The van der Waals surface area contributed by atoms with Crippen LogP contribution in [0.15, 0.2) is 29.6 Å². The van der Waals surface area contributed by atoms with Crippen LogP contribution in [0.4, 0.5) is 0 Å². The third-order valence-corrected chi connectivity index (χ3v) is 5.69. The van der Waals surface area contributed by atoms with Gasteiger partial charge in [-0.2, -0.15) is 0 Å². The predicted octanol–water partition coefficient (Wildman–Crippen LogP) is 5.08. The average Bonchev–Trinajstić information content (AvgIpc) is 2.82. The van der Waals surface area contributed by atoms with Crippen molar-refractivity contribution >= 4 is 21.4 Å². The molecule has 1 aliphatic carbocycles. The van der Waals surface area contributed by atoms with Gasteiger partial charge in [0.05, 0.1) is 5.60 Å². The molecule has 0 spiro atoms. The largest absolute Gasteiger partial charge is 0.385 e. The molecule has 2 heteroatoms. The highest BCUT2D eigenvalue weighted by molar-refractivity contribution is 7.17. The van der Waals surface area contributed by atoms with E-state index >= 15 is 0 Å². The zero-order valence-corrected chi connectivity index (χ0v) is 12.4. The molecule has 1 aromatic carbocycles. The molecular weight excluding hydrogens is 252 g/mol. The van der Waals surface area contributed by atoms with Gasteiger partial charge in [0, 0.05) is 10.3 Å². The van der Waals surface area contributed by atoms with Gasteiger partial charge in [-0.15, -0.1) is 11.3 Å². The number of hydrogen-bond donors (Lipinski definition) is 1. The summed E-state index contributed by atoms with van der Waals surface area (Å²) in [6, 6.07) is 8.51. The first-order valence-electron chi connectivity index (χ1n) is 7.42. The highest BCUT2D eigenvalue weighted by atomic mass is 32.1. The number of fused-ring (bicyclic) bond motifs is 1. The van der Waals surface area contributed by atoms with Gasteiger partial charge < -0.3 is 5.11 Å². The average molecular weight is 274 g/mol. The summed E-state index contributed by atoms with van der Waals surface area (Å²) in [6.45, 7) is 2.27. The van der Waals surface area contributed by atoms with E-state index < -0.39 is 5.60 Å². The standard InChI is InChI=1S/C17H22OS/c1-2-13-5-4-10-17(18,11-8-13)15-7-3-6-14-9-12-19-16(14)15/h3,6-7,9,12-13,18H,2,4-5,8,10-11H2,1H3. The molecule has 3 rings (SSSR count). The van der Waals surface area contributed by atoms with Crippen molar-refractivity contribution < 1.29 is 5.11 Å². The topological polar surface area (TPSA) is 20.2 Å². The minimum Gasteiger partial charge on any atom is -0.385 e. The van der Waals surface area contributed by atoms with E-state index in [1.165, 1.54) is 22.9 Å². The molecule has 0 bridgehead atoms. The Bertz CT molecular complexity index is 559. The van der Waals surface area contributed by atoms with E-state index in [9.17, 15) is 5.11 Å². The maximum atomic E-state index is 11.2. The third-order valence-electron chi connectivity index (χ3n) is 4.73. The van der Waals surface area contributed by atoms with E-state index in [0.717, 1.165) is 37.2 Å². The lowest BCUT2D eigenvalue weighted by molar-refractivity contribution is 0.0212. The van der Waals surface area contributed by atoms with Crippen LogP contribution in [-0.4, -0.2) is 5.11 Å². The Morgan fingerprint density at radius 2 is 2.16 bits per heavy atom. The second kappa shape index (κ2) is 5.26. The lowest BCUT2D eigenvalue weighted by Crippen LogP contribution is -2.24. The molecule has 1 saturated carbocycles. The number of rotatable bonds is 2. The van der Waals surface area contributed by atoms with Crippen LogP contribution < -0.4 is 0 Å². The molecule has 0 aliphatic heterocycles. The van der Waals surface area contributed by atoms with Crippen molar-refractivity contribution in [3.63, 3.8) is 0 Å². The van der Waals surface area contributed by atoms with Gasteiger partial charge in [0.2, 0.25) is 0 Å². The SMILES string of the molecule is CCC1CCCC(O)(c2cccc3ccsc23)CC1. The number of aliphatic hydroxyl groups is 1. The Morgan fingerprint density at radius 1 is 1.26 bits per heavy atom. The van der Waals surface area contributed by atoms with E-state index in [0.29, 0.717) is 0 Å². The van der Waals surface area contributed by atoms with Crippen molar-refractivity contribution in [1.29, 1.82) is 0 Å². The highest BCUT2D eigenvalue weighted by Crippen LogP contribution is 2.42. The van der Waals surface area contributed by atoms with E-state index in [1.54, 1.807) is 11.3 Å². The van der Waals surface area contributed by atoms with Gasteiger partial charge in [-0.05, 0) is 48.4 Å². The fraction of sp³-hybridized carbons (Fsp3) is 0.529. The minimum absolute atomic E-state index is 0.603. The van der Waals surface area contributed by atoms with Gasteiger partial charge >= 0.3 is 0 Å². The molecule has 2 unspecified atom stereocenters. The van der Waals surface area contributed by atoms with E-state index in [1.807, 2.05) is 0 Å². The molecule has 1 fully saturated rings. The molecule has 1 N–H and O–H groups in total. The minimum atomic E-state index is -0.603. The smallest absolute Gasteiger partial charge is 0.0910 e. The number of benzene rings is 1. The second-order valence-electron chi connectivity index (χ2n) is 5.88. The molecule has 1 nitrogen and oxygen atoms in total. The van der Waals surface area contributed by atoms with Gasteiger partial charge in [-0.3, -0.25) is 0 Å². The first-order chi connectivity index (χ1) is 9.23. The lowest BCUT2D eigenvalue weighted by atomic mass is 9.85. The van der Waals surface area contributed by atoms with Gasteiger partial charge in [0.15, 0.2) is 0 Å². The van der Waals surface area contributed by atoms with Crippen molar-refractivity contribution in [2.24, 2.45) is 5.92 Å². The summed E-state index contributed by atoms with van der Waals surface area (Å²) in [5, 5.41) is 14.6. The van der Waals surface area contributed by atoms with Crippen molar-refractivity contribution in [3.8, 4) is 0 Å². The molecule has 0 radical (unpaired) electrons. The van der Waals surface area contributed by atoms with Crippen LogP contribution in [0.25, 0.3) is 10.1 Å². The molecule has 2 aromatic rings. The quantitative estimate of drug-likeness (QED) is 0.757. The maximum Gasteiger partial charge on any atom is 0.0910 e. The molecular formula is C17H22OS. The first-order valence-corrected chi connectivity index (χ1v) is 8.30. The molecule has 1 heterocycles. The predicted molar refractivity (Wildman–Crippen MR) is 82.6 cm³/mol. The van der Waals surface area contributed by atoms with Crippen LogP contribution in [0.5, 0.6) is 0 Å². The summed E-state index contributed by atoms with van der Waals surface area (Å²) in [6.07, 6.45) is 6.67. The van der Waals surface area contributed by atoms with E-state index in [-0.39, 0.29) is 0 Å². The Kier molecular flexibility index (Phi) is 3.64. The van der Waals surface area contributed by atoms with Crippen LogP contribution in [0.1, 0.15) is 51.0 Å². The molecule has 102 valence electrons. The monoisotopic (exact) mass is 274 g/mol. The summed E-state index contributed by atoms with van der Waals surface area (Å²) in [5.41, 5.74) is 0.561. The van der Waals surface area contributed by atoms with Gasteiger partial charge in [0.25, 0.3) is 0 Å². The number of hydrogen-bond acceptors (Lipinski definition) is 2. The fourth-order valence-corrected chi connectivity index (χ4v) is 4.44. The van der Waals surface area contributed by atoms with Crippen molar-refractivity contribution in [3.05, 3.63) is 35.2 Å². The van der Waals surface area contributed by atoms with E-state index in [2.05, 4.69) is 36.6 Å². The van der Waals surface area contributed by atoms with Gasteiger partial charge in [-0.1, -0.05) is 38.0 Å². The Morgan fingerprint density at radius 3 is 3.00 bits per heavy atom. The van der Waals surface area contributed by atoms with Crippen LogP contribution in [0.2, 0.25) is 0 Å². The summed E-state index contributed by atoms with van der Waals surface area (Å²) >= 11 is 1.76. The molecule has 19 heavy (non-hydrogen) atoms. The zero-order chi connectivity index (χ0) is 13.3. The fourth-order valence-electron chi connectivity index (χ4n) is 3.43. The zero-order valence-electron chi connectivity index (χ0n) is 11.6. The van der Waals surface area contributed by atoms with Crippen molar-refractivity contribution in [2.75, 3.05) is 0 Å². The van der Waals surface area contributed by atoms with Gasteiger partial charge in [-0.25, -0.2) is 0 Å². The summed E-state index contributed by atoms with van der Waals surface area (Å²) in [7, 11) is 0. The summed E-state index contributed by atoms with van der Waals surface area (Å²) in [4.78, 5) is 0. The molecule has 0 saturated heterocycles. The Hall–Kier alpha value is -0.860. The van der Waals surface area contributed by atoms with Crippen LogP contribution in [0.3, 0.4) is 0 Å². The van der Waals surface area contributed by atoms with Crippen molar-refractivity contribution in [1.82, 2.24) is 0 Å².